The first-order valence-corrected chi connectivity index (χ1v) is 12.5. The average molecular weight is 477 g/mol. The Balaban J connectivity index is 1.09. The molecule has 184 valence electrons. The highest BCUT2D eigenvalue weighted by atomic mass is 16.5. The zero-order chi connectivity index (χ0) is 24.5. The van der Waals surface area contributed by atoms with Crippen molar-refractivity contribution in [1.29, 1.82) is 0 Å². The molecular formula is C28H32N2O5. The van der Waals surface area contributed by atoms with Crippen molar-refractivity contribution in [2.75, 3.05) is 13.2 Å². The largest absolute Gasteiger partial charge is 0.481 e. The average Bonchev–Trinajstić information content (AvgIpc) is 3.36. The number of alkyl carbamates (subject to hydrolysis) is 1. The molecule has 2 unspecified atom stereocenters. The molecule has 0 spiro atoms. The minimum atomic E-state index is -0.847. The minimum absolute atomic E-state index is 0.00289. The lowest BCUT2D eigenvalue weighted by molar-refractivity contribution is -0.141. The monoisotopic (exact) mass is 476 g/mol. The van der Waals surface area contributed by atoms with Gasteiger partial charge in [-0.2, -0.15) is 0 Å². The van der Waals surface area contributed by atoms with Crippen molar-refractivity contribution in [2.24, 2.45) is 23.7 Å². The van der Waals surface area contributed by atoms with Gasteiger partial charge < -0.3 is 20.5 Å². The van der Waals surface area contributed by atoms with E-state index in [1.807, 2.05) is 24.3 Å². The summed E-state index contributed by atoms with van der Waals surface area (Å²) in [6, 6.07) is 16.6. The molecule has 0 aromatic heterocycles. The van der Waals surface area contributed by atoms with Crippen molar-refractivity contribution in [3.63, 3.8) is 0 Å². The van der Waals surface area contributed by atoms with Crippen molar-refractivity contribution in [3.8, 4) is 11.1 Å². The van der Waals surface area contributed by atoms with Crippen molar-refractivity contribution in [2.45, 2.75) is 44.6 Å². The van der Waals surface area contributed by atoms with Crippen LogP contribution in [0.4, 0.5) is 4.79 Å². The molecule has 3 aliphatic carbocycles. The summed E-state index contributed by atoms with van der Waals surface area (Å²) in [5.74, 6) is -0.616. The van der Waals surface area contributed by atoms with E-state index in [0.29, 0.717) is 31.4 Å². The maximum absolute atomic E-state index is 12.6. The maximum atomic E-state index is 12.6. The highest BCUT2D eigenvalue weighted by molar-refractivity contribution is 5.80. The van der Waals surface area contributed by atoms with Gasteiger partial charge >= 0.3 is 12.1 Å². The Hall–Kier alpha value is -3.35. The van der Waals surface area contributed by atoms with Gasteiger partial charge in [0.05, 0.1) is 5.92 Å². The Morgan fingerprint density at radius 3 is 2.31 bits per heavy atom. The Bertz CT molecular complexity index is 1090. The quantitative estimate of drug-likeness (QED) is 0.531. The Morgan fingerprint density at radius 1 is 1.00 bits per heavy atom. The number of ether oxygens (including phenoxy) is 1. The van der Waals surface area contributed by atoms with Crippen LogP contribution in [0.1, 0.15) is 49.7 Å². The molecule has 2 aromatic carbocycles. The van der Waals surface area contributed by atoms with E-state index >= 15 is 0 Å². The van der Waals surface area contributed by atoms with E-state index in [1.54, 1.807) is 6.92 Å². The van der Waals surface area contributed by atoms with Gasteiger partial charge in [-0.1, -0.05) is 55.5 Å². The van der Waals surface area contributed by atoms with E-state index in [1.165, 1.54) is 22.3 Å². The van der Waals surface area contributed by atoms with Crippen LogP contribution >= 0.6 is 0 Å². The van der Waals surface area contributed by atoms with Crippen LogP contribution in [0.15, 0.2) is 48.5 Å². The lowest BCUT2D eigenvalue weighted by atomic mass is 9.71. The first-order chi connectivity index (χ1) is 16.9. The van der Waals surface area contributed by atoms with Gasteiger partial charge in [0.2, 0.25) is 5.91 Å². The summed E-state index contributed by atoms with van der Waals surface area (Å²) in [7, 11) is 0. The van der Waals surface area contributed by atoms with E-state index in [0.717, 1.165) is 19.3 Å². The smallest absolute Gasteiger partial charge is 0.407 e. The highest BCUT2D eigenvalue weighted by Crippen LogP contribution is 2.50. The summed E-state index contributed by atoms with van der Waals surface area (Å²) in [5, 5.41) is 14.9. The van der Waals surface area contributed by atoms with Crippen molar-refractivity contribution < 1.29 is 24.2 Å². The van der Waals surface area contributed by atoms with Gasteiger partial charge in [-0.15, -0.1) is 0 Å². The number of amides is 2. The van der Waals surface area contributed by atoms with Crippen LogP contribution in [0.3, 0.4) is 0 Å². The first kappa shape index (κ1) is 23.4. The number of hydrogen-bond acceptors (Lipinski definition) is 4. The lowest BCUT2D eigenvalue weighted by Crippen LogP contribution is -2.50. The van der Waals surface area contributed by atoms with E-state index in [4.69, 9.17) is 9.84 Å². The molecule has 35 heavy (non-hydrogen) atoms. The second-order valence-electron chi connectivity index (χ2n) is 10.2. The molecule has 3 N–H and O–H groups in total. The van der Waals surface area contributed by atoms with Gasteiger partial charge in [0.15, 0.2) is 0 Å². The number of carboxylic acid groups (broad SMARTS) is 1. The molecule has 0 radical (unpaired) electrons. The van der Waals surface area contributed by atoms with Gasteiger partial charge in [0, 0.05) is 24.4 Å². The highest BCUT2D eigenvalue weighted by Gasteiger charge is 2.50. The minimum Gasteiger partial charge on any atom is -0.481 e. The van der Waals surface area contributed by atoms with E-state index in [9.17, 15) is 14.4 Å². The van der Waals surface area contributed by atoms with Gasteiger partial charge in [-0.3, -0.25) is 9.59 Å². The van der Waals surface area contributed by atoms with Crippen LogP contribution in [0.2, 0.25) is 0 Å². The number of hydrogen-bond donors (Lipinski definition) is 3. The summed E-state index contributed by atoms with van der Waals surface area (Å²) >= 11 is 0. The summed E-state index contributed by atoms with van der Waals surface area (Å²) in [5.41, 5.74) is 4.78. The van der Waals surface area contributed by atoms with E-state index in [2.05, 4.69) is 34.9 Å². The lowest BCUT2D eigenvalue weighted by Gasteiger charge is -2.40. The predicted octanol–water partition coefficient (Wildman–Crippen LogP) is 4.17. The molecule has 2 amide bonds. The number of aliphatic carboxylic acids is 1. The number of nitrogens with one attached hydrogen (secondary N) is 2. The molecule has 7 heteroatoms. The number of carbonyl (C=O) groups excluding carboxylic acids is 2. The zero-order valence-corrected chi connectivity index (χ0v) is 19.9. The van der Waals surface area contributed by atoms with Crippen molar-refractivity contribution >= 4 is 18.0 Å². The Kier molecular flexibility index (Phi) is 6.50. The predicted molar refractivity (Wildman–Crippen MR) is 131 cm³/mol. The van der Waals surface area contributed by atoms with Crippen LogP contribution in [0.5, 0.6) is 0 Å². The molecule has 3 aliphatic rings. The summed E-state index contributed by atoms with van der Waals surface area (Å²) in [4.78, 5) is 36.1. The van der Waals surface area contributed by atoms with Crippen LogP contribution in [0, 0.1) is 23.7 Å². The number of carboxylic acids is 1. The maximum Gasteiger partial charge on any atom is 0.407 e. The van der Waals surface area contributed by atoms with Crippen LogP contribution in [-0.2, 0) is 14.3 Å². The summed E-state index contributed by atoms with van der Waals surface area (Å²) in [6.07, 6.45) is 2.47. The molecule has 0 bridgehead atoms. The molecule has 2 fully saturated rings. The van der Waals surface area contributed by atoms with Gasteiger partial charge in [0.25, 0.3) is 0 Å². The SMILES string of the molecule is CC(CCNC(=O)C1C[C@H]2C[C@@H](NC(=O)OCC3c4ccccc4-c4ccccc43)[C@H]2C1)C(=O)O. The second kappa shape index (κ2) is 9.72. The van der Waals surface area contributed by atoms with E-state index in [-0.39, 0.29) is 23.8 Å². The van der Waals surface area contributed by atoms with Crippen molar-refractivity contribution in [3.05, 3.63) is 59.7 Å². The third-order valence-corrected chi connectivity index (χ3v) is 8.14. The summed E-state index contributed by atoms with van der Waals surface area (Å²) in [6.45, 7) is 2.31. The van der Waals surface area contributed by atoms with Crippen LogP contribution < -0.4 is 10.6 Å². The van der Waals surface area contributed by atoms with Crippen LogP contribution in [0.25, 0.3) is 11.1 Å². The van der Waals surface area contributed by atoms with Gasteiger partial charge in [0.1, 0.15) is 6.61 Å². The zero-order valence-electron chi connectivity index (χ0n) is 19.9. The van der Waals surface area contributed by atoms with E-state index < -0.39 is 18.0 Å². The topological polar surface area (TPSA) is 105 Å². The third-order valence-electron chi connectivity index (χ3n) is 8.14. The summed E-state index contributed by atoms with van der Waals surface area (Å²) < 4.78 is 5.69. The van der Waals surface area contributed by atoms with Gasteiger partial charge in [-0.05, 0) is 59.8 Å². The fraction of sp³-hybridized carbons (Fsp3) is 0.464. The standard InChI is InChI=1S/C28H32N2O5/c1-16(27(32)33)10-11-29-26(31)18-12-17-14-25(23(17)13-18)30-28(34)35-15-24-21-8-4-2-6-19(21)20-7-3-5-9-22(20)24/h2-9,16-18,23-25H,10-15H2,1H3,(H,29,31)(H,30,34)(H,32,33)/t16?,17-,18?,23-,25+/m0/s1. The third kappa shape index (κ3) is 4.64. The Morgan fingerprint density at radius 2 is 1.66 bits per heavy atom. The van der Waals surface area contributed by atoms with Crippen molar-refractivity contribution in [1.82, 2.24) is 10.6 Å². The molecule has 2 aromatic rings. The first-order valence-electron chi connectivity index (χ1n) is 12.5. The molecular weight excluding hydrogens is 444 g/mol. The molecule has 0 saturated heterocycles. The Labute approximate surface area is 205 Å². The molecule has 0 heterocycles. The van der Waals surface area contributed by atoms with Gasteiger partial charge in [-0.25, -0.2) is 4.79 Å². The molecule has 0 aliphatic heterocycles. The second-order valence-corrected chi connectivity index (χ2v) is 10.2. The molecule has 2 saturated carbocycles. The number of rotatable bonds is 8. The normalized spacial score (nSPS) is 24.9. The number of benzene rings is 2. The molecule has 5 atom stereocenters. The fourth-order valence-corrected chi connectivity index (χ4v) is 6.08. The number of fused-ring (bicyclic) bond motifs is 4. The van der Waals surface area contributed by atoms with Crippen LogP contribution in [-0.4, -0.2) is 42.3 Å². The molecule has 5 rings (SSSR count). The molecule has 7 nitrogen and oxygen atoms in total. The fourth-order valence-electron chi connectivity index (χ4n) is 6.08. The number of carbonyl (C=O) groups is 3.